The minimum Gasteiger partial charge on any atom is -0.394 e. The van der Waals surface area contributed by atoms with Crippen molar-refractivity contribution in [2.75, 3.05) is 25.6 Å². The van der Waals surface area contributed by atoms with Crippen molar-refractivity contribution >= 4 is 41.3 Å². The Morgan fingerprint density at radius 2 is 2.12 bits per heavy atom. The van der Waals surface area contributed by atoms with E-state index in [0.29, 0.717) is 0 Å². The molecular weight excluding hydrogens is 574 g/mol. The van der Waals surface area contributed by atoms with E-state index in [4.69, 9.17) is 36.1 Å². The lowest BCUT2D eigenvalue weighted by atomic mass is 10.1. The van der Waals surface area contributed by atoms with Gasteiger partial charge in [-0.05, 0) is 11.8 Å². The fourth-order valence-corrected chi connectivity index (χ4v) is 6.30. The third kappa shape index (κ3) is 4.60. The molecule has 4 aromatic heterocycles. The lowest BCUT2D eigenvalue weighted by molar-refractivity contribution is -0.0531. The van der Waals surface area contributed by atoms with Crippen LogP contribution in [0, 0.1) is 0 Å². The molecule has 0 aliphatic carbocycles. The summed E-state index contributed by atoms with van der Waals surface area (Å²) >= 11 is 5.19. The van der Waals surface area contributed by atoms with Crippen molar-refractivity contribution in [1.82, 2.24) is 33.5 Å². The Hall–Kier alpha value is -2.93. The second-order valence-corrected chi connectivity index (χ2v) is 12.1. The summed E-state index contributed by atoms with van der Waals surface area (Å²) in [7, 11) is 0. The summed E-state index contributed by atoms with van der Waals surface area (Å²) in [6, 6.07) is 1.30. The molecule has 2 saturated heterocycles. The second kappa shape index (κ2) is 10.2. The van der Waals surface area contributed by atoms with Gasteiger partial charge in [0.15, 0.2) is 17.7 Å². The van der Waals surface area contributed by atoms with Crippen LogP contribution in [0.5, 0.6) is 0 Å². The van der Waals surface area contributed by atoms with Crippen LogP contribution in [0.1, 0.15) is 12.6 Å². The van der Waals surface area contributed by atoms with Crippen molar-refractivity contribution in [2.45, 2.75) is 42.9 Å². The minimum absolute atomic E-state index is 0.0482. The van der Waals surface area contributed by atoms with Crippen molar-refractivity contribution in [2.24, 2.45) is 0 Å². The average molecular weight is 599 g/mol. The maximum absolute atomic E-state index is 16.0. The highest BCUT2D eigenvalue weighted by atomic mass is 32.5. The van der Waals surface area contributed by atoms with E-state index in [-0.39, 0.29) is 41.3 Å². The molecule has 0 bridgehead atoms. The number of imidazole rings is 2. The highest BCUT2D eigenvalue weighted by molar-refractivity contribution is 8.07. The van der Waals surface area contributed by atoms with Crippen LogP contribution in [0.15, 0.2) is 42.1 Å². The largest absolute Gasteiger partial charge is 0.394 e. The van der Waals surface area contributed by atoms with Gasteiger partial charge in [-0.3, -0.25) is 18.3 Å². The number of aliphatic hydroxyl groups is 2. The van der Waals surface area contributed by atoms with Crippen LogP contribution in [0.3, 0.4) is 0 Å². The van der Waals surface area contributed by atoms with Crippen LogP contribution in [-0.2, 0) is 36.1 Å². The van der Waals surface area contributed by atoms with Crippen LogP contribution < -0.4 is 11.3 Å². The number of hydrogen-bond acceptors (Lipinski definition) is 13. The van der Waals surface area contributed by atoms with Gasteiger partial charge in [0.25, 0.3) is 5.56 Å². The van der Waals surface area contributed by atoms with E-state index in [9.17, 15) is 19.9 Å². The lowest BCUT2D eigenvalue weighted by Crippen LogP contribution is -2.43. The normalized spacial score (nSPS) is 30.4. The highest BCUT2D eigenvalue weighted by Crippen LogP contribution is 2.50. The van der Waals surface area contributed by atoms with Gasteiger partial charge in [0.05, 0.1) is 25.6 Å². The van der Waals surface area contributed by atoms with E-state index in [1.165, 1.54) is 33.6 Å². The monoisotopic (exact) mass is 598 g/mol. The Kier molecular flexibility index (Phi) is 6.92. The van der Waals surface area contributed by atoms with Crippen LogP contribution in [0.25, 0.3) is 16.9 Å². The Bertz CT molecular complexity index is 1670. The molecule has 0 amide bonds. The fourth-order valence-electron chi connectivity index (χ4n) is 4.85. The summed E-state index contributed by atoms with van der Waals surface area (Å²) < 4.78 is 42.3. The number of aliphatic hydroxyl groups excluding tert-OH is 2. The average Bonchev–Trinajstić information content (AvgIpc) is 3.71. The minimum atomic E-state index is -4.02. The molecule has 0 radical (unpaired) electrons. The molecule has 2 fully saturated rings. The first-order valence-electron chi connectivity index (χ1n) is 12.0. The van der Waals surface area contributed by atoms with E-state index < -0.39 is 56.4 Å². The predicted molar refractivity (Wildman–Crippen MR) is 137 cm³/mol. The van der Waals surface area contributed by atoms with E-state index in [1.807, 2.05) is 0 Å². The van der Waals surface area contributed by atoms with Gasteiger partial charge in [0, 0.05) is 31.1 Å². The number of aromatic nitrogens is 7. The van der Waals surface area contributed by atoms with Gasteiger partial charge >= 0.3 is 6.72 Å². The molecule has 40 heavy (non-hydrogen) atoms. The predicted octanol–water partition coefficient (Wildman–Crippen LogP) is -0.801. The Balaban J connectivity index is 1.16. The molecule has 16 nitrogen and oxygen atoms in total. The molecule has 0 spiro atoms. The van der Waals surface area contributed by atoms with Crippen LogP contribution >= 0.6 is 6.72 Å². The Morgan fingerprint density at radius 3 is 2.92 bits per heavy atom. The molecule has 2 aliphatic rings. The molecule has 1 unspecified atom stereocenters. The molecule has 4 aromatic rings. The zero-order chi connectivity index (χ0) is 28.2. The number of halogens is 1. The molecule has 19 heteroatoms. The molecule has 2 aliphatic heterocycles. The van der Waals surface area contributed by atoms with Crippen molar-refractivity contribution in [1.29, 1.82) is 0 Å². The molecule has 214 valence electrons. The van der Waals surface area contributed by atoms with Gasteiger partial charge in [-0.15, -0.1) is 0 Å². The number of nitrogens with zero attached hydrogens (tertiary/aromatic N) is 7. The van der Waals surface area contributed by atoms with Gasteiger partial charge in [0.2, 0.25) is 11.6 Å². The van der Waals surface area contributed by atoms with Crippen LogP contribution in [-0.4, -0.2) is 92.8 Å². The van der Waals surface area contributed by atoms with Crippen molar-refractivity contribution < 1.29 is 38.0 Å². The standard InChI is InChI=1S/C21H24FN8O8PS/c22-21(30-10-27-15-17(23)25-9-26-18(15)30)8-35-13(16(21)33)7-36-39(34,40)38-12-5-11(6-31)37-19(12)29-3-1-14(32)28-4-2-24-20(28)29/h1-4,9-13,16,19,31,33H,5-8H2,(H,34,40)(H2,23,25,26)/t11-,12+,13+,16+,19+,21+,39?/m0/s1. The SMILES string of the molecule is Nc1ncnc2c1ncn2[C@]1(F)CO[C@H](COP(O)(=S)O[C@@H]2C[C@@H](CO)O[C@H]2n2ccc(=O)n3ccnc23)[C@H]1O. The Morgan fingerprint density at radius 1 is 1.30 bits per heavy atom. The molecule has 5 N–H and O–H groups in total. The number of hydrogen-bond donors (Lipinski definition) is 4. The number of nitrogen functional groups attached to an aromatic ring is 1. The number of nitrogens with two attached hydrogens (primary N) is 1. The molecule has 0 saturated carbocycles. The van der Waals surface area contributed by atoms with Crippen molar-refractivity contribution in [3.8, 4) is 0 Å². The topological polar surface area (TPSA) is 207 Å². The van der Waals surface area contributed by atoms with E-state index in [2.05, 4.69) is 19.9 Å². The number of alkyl halides is 1. The quantitative estimate of drug-likeness (QED) is 0.183. The maximum atomic E-state index is 16.0. The van der Waals surface area contributed by atoms with Gasteiger partial charge in [-0.25, -0.2) is 24.3 Å². The van der Waals surface area contributed by atoms with Gasteiger partial charge in [-0.1, -0.05) is 0 Å². The zero-order valence-corrected chi connectivity index (χ0v) is 22.2. The molecule has 0 aromatic carbocycles. The van der Waals surface area contributed by atoms with Gasteiger partial charge < -0.3 is 39.4 Å². The summed E-state index contributed by atoms with van der Waals surface area (Å²) in [6.07, 6.45) is 1.31. The van der Waals surface area contributed by atoms with E-state index in [1.54, 1.807) is 0 Å². The summed E-state index contributed by atoms with van der Waals surface area (Å²) in [6.45, 7) is -5.43. The number of fused-ring (bicyclic) bond motifs is 2. The first-order chi connectivity index (χ1) is 19.1. The van der Waals surface area contributed by atoms with Crippen LogP contribution in [0.2, 0.25) is 0 Å². The third-order valence-corrected chi connectivity index (χ3v) is 8.42. The lowest BCUT2D eigenvalue weighted by Gasteiger charge is -2.27. The summed E-state index contributed by atoms with van der Waals surface area (Å²) in [5.41, 5.74) is 5.69. The molecule has 7 atom stereocenters. The Labute approximate surface area is 229 Å². The van der Waals surface area contributed by atoms with Gasteiger partial charge in [-0.2, -0.15) is 0 Å². The van der Waals surface area contributed by atoms with Crippen molar-refractivity contribution in [3.05, 3.63) is 47.7 Å². The summed E-state index contributed by atoms with van der Waals surface area (Å²) in [5.74, 6) is -2.18. The van der Waals surface area contributed by atoms with Crippen LogP contribution in [0.4, 0.5) is 10.2 Å². The molecule has 6 rings (SSSR count). The smallest absolute Gasteiger partial charge is 0.325 e. The van der Waals surface area contributed by atoms with E-state index >= 15 is 4.39 Å². The zero-order valence-electron chi connectivity index (χ0n) is 20.5. The maximum Gasteiger partial charge on any atom is 0.325 e. The van der Waals surface area contributed by atoms with Crippen molar-refractivity contribution in [3.63, 3.8) is 0 Å². The third-order valence-electron chi connectivity index (χ3n) is 6.83. The highest BCUT2D eigenvalue weighted by Gasteiger charge is 2.53. The number of anilines is 1. The fraction of sp³-hybridized carbons (Fsp3) is 0.476. The molecular formula is C21H24FN8O8PS. The first-order valence-corrected chi connectivity index (χ1v) is 14.6. The summed E-state index contributed by atoms with van der Waals surface area (Å²) in [5, 5.41) is 20.5. The van der Waals surface area contributed by atoms with Gasteiger partial charge in [0.1, 0.15) is 36.8 Å². The first kappa shape index (κ1) is 27.3. The number of ether oxygens (including phenoxy) is 2. The van der Waals surface area contributed by atoms with E-state index in [0.717, 1.165) is 17.2 Å². The summed E-state index contributed by atoms with van der Waals surface area (Å²) in [4.78, 5) is 39.0. The second-order valence-electron chi connectivity index (χ2n) is 9.29. The molecule has 6 heterocycles. The number of rotatable bonds is 8.